The van der Waals surface area contributed by atoms with Gasteiger partial charge in [-0.25, -0.2) is 4.39 Å². The standard InChI is InChI=1S/C16H22FN3O/c1-16(15(18)21,19-13-4-5-13)7-9-20-8-6-11-2-3-12(17)10-14(11)20/h2-3,10,13,19H,4-9H2,1H3,(H2,18,21). The van der Waals surface area contributed by atoms with Crippen molar-refractivity contribution in [1.29, 1.82) is 0 Å². The highest BCUT2D eigenvalue weighted by atomic mass is 19.1. The lowest BCUT2D eigenvalue weighted by Crippen LogP contribution is -2.55. The molecule has 3 N–H and O–H groups in total. The zero-order valence-corrected chi connectivity index (χ0v) is 12.4. The molecule has 0 radical (unpaired) electrons. The number of hydrogen-bond donors (Lipinski definition) is 2. The number of nitrogens with two attached hydrogens (primary N) is 1. The predicted octanol–water partition coefficient (Wildman–Crippen LogP) is 1.57. The maximum Gasteiger partial charge on any atom is 0.237 e. The molecule has 1 aliphatic carbocycles. The Balaban J connectivity index is 1.67. The van der Waals surface area contributed by atoms with Crippen LogP contribution in [0.15, 0.2) is 18.2 Å². The third-order valence-corrected chi connectivity index (χ3v) is 4.56. The van der Waals surface area contributed by atoms with Gasteiger partial charge in [-0.05, 0) is 50.3 Å². The first kappa shape index (κ1) is 14.3. The van der Waals surface area contributed by atoms with Crippen LogP contribution in [-0.4, -0.2) is 30.6 Å². The average molecular weight is 291 g/mol. The number of anilines is 1. The van der Waals surface area contributed by atoms with Crippen molar-refractivity contribution in [2.45, 2.75) is 44.2 Å². The van der Waals surface area contributed by atoms with E-state index in [4.69, 9.17) is 5.73 Å². The summed E-state index contributed by atoms with van der Waals surface area (Å²) in [6.07, 6.45) is 3.79. The molecule has 1 heterocycles. The second-order valence-corrected chi connectivity index (χ2v) is 6.38. The smallest absolute Gasteiger partial charge is 0.237 e. The highest BCUT2D eigenvalue weighted by molar-refractivity contribution is 5.84. The fraction of sp³-hybridized carbons (Fsp3) is 0.562. The number of carbonyl (C=O) groups excluding carboxylic acids is 1. The van der Waals surface area contributed by atoms with Gasteiger partial charge in [0.05, 0.1) is 5.54 Å². The van der Waals surface area contributed by atoms with Gasteiger partial charge in [-0.3, -0.25) is 4.79 Å². The SMILES string of the molecule is CC(CCN1CCc2ccc(F)cc21)(NC1CC1)C(N)=O. The van der Waals surface area contributed by atoms with Crippen molar-refractivity contribution in [2.24, 2.45) is 5.73 Å². The molecule has 2 aliphatic rings. The van der Waals surface area contributed by atoms with Crippen molar-refractivity contribution >= 4 is 11.6 Å². The van der Waals surface area contributed by atoms with Crippen molar-refractivity contribution in [1.82, 2.24) is 5.32 Å². The first-order chi connectivity index (χ1) is 9.98. The molecular weight excluding hydrogens is 269 g/mol. The maximum atomic E-state index is 13.4. The van der Waals surface area contributed by atoms with Crippen LogP contribution in [0.3, 0.4) is 0 Å². The van der Waals surface area contributed by atoms with Crippen LogP contribution in [0.2, 0.25) is 0 Å². The number of halogens is 1. The molecule has 1 unspecified atom stereocenters. The van der Waals surface area contributed by atoms with Crippen LogP contribution >= 0.6 is 0 Å². The van der Waals surface area contributed by atoms with E-state index >= 15 is 0 Å². The lowest BCUT2D eigenvalue weighted by Gasteiger charge is -2.30. The van der Waals surface area contributed by atoms with E-state index in [2.05, 4.69) is 10.2 Å². The van der Waals surface area contributed by atoms with Crippen LogP contribution in [0.25, 0.3) is 0 Å². The number of hydrogen-bond acceptors (Lipinski definition) is 3. The Morgan fingerprint density at radius 3 is 2.95 bits per heavy atom. The summed E-state index contributed by atoms with van der Waals surface area (Å²) in [5.41, 5.74) is 7.01. The first-order valence-corrected chi connectivity index (χ1v) is 7.59. The molecule has 1 aliphatic heterocycles. The summed E-state index contributed by atoms with van der Waals surface area (Å²) in [7, 11) is 0. The molecule has 114 valence electrons. The molecule has 1 amide bonds. The van der Waals surface area contributed by atoms with Gasteiger partial charge in [-0.15, -0.1) is 0 Å². The number of nitrogens with zero attached hydrogens (tertiary/aromatic N) is 1. The Labute approximate surface area is 124 Å². The van der Waals surface area contributed by atoms with E-state index < -0.39 is 5.54 Å². The second-order valence-electron chi connectivity index (χ2n) is 6.38. The fourth-order valence-electron chi connectivity index (χ4n) is 2.95. The Kier molecular flexibility index (Phi) is 3.61. The van der Waals surface area contributed by atoms with Gasteiger partial charge in [0, 0.05) is 24.8 Å². The van der Waals surface area contributed by atoms with Crippen molar-refractivity contribution in [3.05, 3.63) is 29.6 Å². The number of amides is 1. The monoisotopic (exact) mass is 291 g/mol. The molecule has 1 fully saturated rings. The molecule has 3 rings (SSSR count). The fourth-order valence-corrected chi connectivity index (χ4v) is 2.95. The topological polar surface area (TPSA) is 58.4 Å². The summed E-state index contributed by atoms with van der Waals surface area (Å²) in [5.74, 6) is -0.525. The molecule has 0 bridgehead atoms. The lowest BCUT2D eigenvalue weighted by molar-refractivity contribution is -0.124. The molecule has 0 saturated heterocycles. The quantitative estimate of drug-likeness (QED) is 0.836. The van der Waals surface area contributed by atoms with Crippen LogP contribution in [-0.2, 0) is 11.2 Å². The van der Waals surface area contributed by atoms with Gasteiger partial charge in [0.1, 0.15) is 5.82 Å². The maximum absolute atomic E-state index is 13.4. The van der Waals surface area contributed by atoms with Gasteiger partial charge in [-0.2, -0.15) is 0 Å². The van der Waals surface area contributed by atoms with Gasteiger partial charge in [0.2, 0.25) is 5.91 Å². The number of nitrogens with one attached hydrogen (secondary N) is 1. The Morgan fingerprint density at radius 1 is 1.52 bits per heavy atom. The number of primary amides is 1. The molecule has 1 atom stereocenters. The zero-order chi connectivity index (χ0) is 15.0. The van der Waals surface area contributed by atoms with Crippen molar-refractivity contribution in [3.8, 4) is 0 Å². The molecule has 0 aromatic heterocycles. The molecule has 1 saturated carbocycles. The van der Waals surface area contributed by atoms with Gasteiger partial charge in [-0.1, -0.05) is 6.07 Å². The summed E-state index contributed by atoms with van der Waals surface area (Å²) >= 11 is 0. The van der Waals surface area contributed by atoms with Crippen molar-refractivity contribution in [3.63, 3.8) is 0 Å². The van der Waals surface area contributed by atoms with E-state index in [-0.39, 0.29) is 11.7 Å². The summed E-state index contributed by atoms with van der Waals surface area (Å²) < 4.78 is 13.4. The van der Waals surface area contributed by atoms with E-state index in [1.165, 1.54) is 11.6 Å². The summed E-state index contributed by atoms with van der Waals surface area (Å²) in [6.45, 7) is 3.45. The lowest BCUT2D eigenvalue weighted by atomic mass is 9.96. The molecule has 1 aromatic rings. The van der Waals surface area contributed by atoms with Gasteiger partial charge in [0.25, 0.3) is 0 Å². The number of rotatable bonds is 6. The minimum atomic E-state index is -0.683. The molecule has 5 heteroatoms. The Hall–Kier alpha value is -1.62. The average Bonchev–Trinajstić information content (AvgIpc) is 3.15. The van der Waals surface area contributed by atoms with Gasteiger partial charge < -0.3 is 16.0 Å². The second kappa shape index (κ2) is 5.30. The van der Waals surface area contributed by atoms with Crippen LogP contribution in [0.4, 0.5) is 10.1 Å². The zero-order valence-electron chi connectivity index (χ0n) is 12.4. The molecule has 21 heavy (non-hydrogen) atoms. The van der Waals surface area contributed by atoms with Crippen LogP contribution in [0.1, 0.15) is 31.7 Å². The highest BCUT2D eigenvalue weighted by Crippen LogP contribution is 2.30. The third kappa shape index (κ3) is 3.02. The summed E-state index contributed by atoms with van der Waals surface area (Å²) in [5, 5.41) is 3.35. The van der Waals surface area contributed by atoms with Gasteiger partial charge >= 0.3 is 0 Å². The van der Waals surface area contributed by atoms with Crippen LogP contribution in [0.5, 0.6) is 0 Å². The first-order valence-electron chi connectivity index (χ1n) is 7.59. The minimum Gasteiger partial charge on any atom is -0.371 e. The highest BCUT2D eigenvalue weighted by Gasteiger charge is 2.37. The number of benzene rings is 1. The van der Waals surface area contributed by atoms with Crippen LogP contribution in [0, 0.1) is 5.82 Å². The molecular formula is C16H22FN3O. The third-order valence-electron chi connectivity index (χ3n) is 4.56. The molecule has 1 aromatic carbocycles. The minimum absolute atomic E-state index is 0.214. The van der Waals surface area contributed by atoms with E-state index in [1.54, 1.807) is 6.07 Å². The van der Waals surface area contributed by atoms with E-state index in [0.29, 0.717) is 19.0 Å². The van der Waals surface area contributed by atoms with E-state index in [1.807, 2.05) is 13.0 Å². The largest absolute Gasteiger partial charge is 0.371 e. The van der Waals surface area contributed by atoms with Crippen molar-refractivity contribution < 1.29 is 9.18 Å². The summed E-state index contributed by atoms with van der Waals surface area (Å²) in [4.78, 5) is 13.9. The van der Waals surface area contributed by atoms with Crippen molar-refractivity contribution in [2.75, 3.05) is 18.0 Å². The van der Waals surface area contributed by atoms with E-state index in [0.717, 1.165) is 31.5 Å². The number of fused-ring (bicyclic) bond motifs is 1. The molecule has 0 spiro atoms. The Morgan fingerprint density at radius 2 is 2.29 bits per heavy atom. The predicted molar refractivity (Wildman–Crippen MR) is 80.7 cm³/mol. The molecule has 4 nitrogen and oxygen atoms in total. The normalized spacial score (nSPS) is 20.2. The van der Waals surface area contributed by atoms with Gasteiger partial charge in [0.15, 0.2) is 0 Å². The summed E-state index contributed by atoms with van der Waals surface area (Å²) in [6, 6.07) is 5.36. The Bertz CT molecular complexity index is 558. The number of carbonyl (C=O) groups is 1. The van der Waals surface area contributed by atoms with E-state index in [9.17, 15) is 9.18 Å². The van der Waals surface area contributed by atoms with Crippen LogP contribution < -0.4 is 16.0 Å².